The van der Waals surface area contributed by atoms with Gasteiger partial charge in [0.2, 0.25) is 0 Å². The summed E-state index contributed by atoms with van der Waals surface area (Å²) in [5.74, 6) is 0. The van der Waals surface area contributed by atoms with E-state index in [1.807, 2.05) is 11.3 Å². The van der Waals surface area contributed by atoms with Gasteiger partial charge in [-0.15, -0.1) is 11.3 Å². The molecule has 0 N–H and O–H groups in total. The number of hydrogen-bond acceptors (Lipinski definition) is 3. The molecular weight excluding hydrogens is 925 g/mol. The van der Waals surface area contributed by atoms with Crippen molar-refractivity contribution in [3.05, 3.63) is 291 Å². The molecule has 0 aliphatic carbocycles. The molecule has 0 spiro atoms. The van der Waals surface area contributed by atoms with Gasteiger partial charge < -0.3 is 9.80 Å². The summed E-state index contributed by atoms with van der Waals surface area (Å²) in [4.78, 5) is 4.94. The van der Waals surface area contributed by atoms with Crippen LogP contribution in [-0.4, -0.2) is 0 Å². The molecular formula is C72H48N2S. The Morgan fingerprint density at radius 2 is 0.667 bits per heavy atom. The monoisotopic (exact) mass is 972 g/mol. The SMILES string of the molecule is c1ccc(-c2ccc(-c3cccc(N(c4ccccc4-c4ccccc4N(c4ccc5cc(-c6cccc7c6sc6ccccc67)ccc5c4)c4cccc5ccccc45)c4cccc5ccccc45)c3)cc2)cc1. The fourth-order valence-corrected chi connectivity index (χ4v) is 12.5. The van der Waals surface area contributed by atoms with Crippen LogP contribution in [0.4, 0.5) is 34.1 Å². The molecule has 0 atom stereocenters. The standard InChI is InChI=1S/C72H48N2S/c1-2-18-49(19-3-1)50-38-40-51(41-39-50)54-24-14-25-58(47-54)73(67-35-15-22-52-20-4-6-26-60(52)67)69-33-11-8-28-63(69)64-29-9-12-34-70(64)74(68-36-16-23-53-21-5-7-27-61(53)68)59-45-44-55-46-57(43-42-56(55)48-59)62-31-17-32-66-65-30-10-13-37-71(65)75-72(62)66/h1-48H. The molecule has 0 fully saturated rings. The average Bonchev–Trinajstić information content (AvgIpc) is 3.88. The third kappa shape index (κ3) is 7.99. The zero-order valence-electron chi connectivity index (χ0n) is 41.0. The van der Waals surface area contributed by atoms with Gasteiger partial charge in [-0.2, -0.15) is 0 Å². The Morgan fingerprint density at radius 1 is 0.227 bits per heavy atom. The second kappa shape index (κ2) is 18.8. The van der Waals surface area contributed by atoms with Gasteiger partial charge in [0.1, 0.15) is 0 Å². The van der Waals surface area contributed by atoms with Crippen LogP contribution < -0.4 is 9.80 Å². The minimum Gasteiger partial charge on any atom is -0.309 e. The van der Waals surface area contributed by atoms with Crippen molar-refractivity contribution in [3.8, 4) is 44.5 Å². The zero-order chi connectivity index (χ0) is 49.7. The summed E-state index contributed by atoms with van der Waals surface area (Å²) in [6, 6.07) is 107. The van der Waals surface area contributed by atoms with Crippen LogP contribution in [-0.2, 0) is 0 Å². The quantitative estimate of drug-likeness (QED) is 0.135. The normalized spacial score (nSPS) is 11.5. The van der Waals surface area contributed by atoms with Crippen LogP contribution in [0.3, 0.4) is 0 Å². The lowest BCUT2D eigenvalue weighted by Gasteiger charge is -2.32. The fourth-order valence-electron chi connectivity index (χ4n) is 11.2. The van der Waals surface area contributed by atoms with Crippen molar-refractivity contribution in [2.45, 2.75) is 0 Å². The molecule has 0 aliphatic rings. The van der Waals surface area contributed by atoms with E-state index in [4.69, 9.17) is 0 Å². The first-order valence-corrected chi connectivity index (χ1v) is 26.5. The van der Waals surface area contributed by atoms with Crippen LogP contribution in [0.25, 0.3) is 97.0 Å². The second-order valence-electron chi connectivity index (χ2n) is 19.2. The third-order valence-electron chi connectivity index (χ3n) is 14.8. The average molecular weight is 973 g/mol. The summed E-state index contributed by atoms with van der Waals surface area (Å²) < 4.78 is 2.65. The molecule has 14 rings (SSSR count). The molecule has 0 unspecified atom stereocenters. The maximum absolute atomic E-state index is 2.47. The first-order valence-electron chi connectivity index (χ1n) is 25.6. The molecule has 14 aromatic rings. The van der Waals surface area contributed by atoms with Gasteiger partial charge in [-0.1, -0.05) is 231 Å². The molecule has 2 nitrogen and oxygen atoms in total. The molecule has 0 bridgehead atoms. The van der Waals surface area contributed by atoms with E-state index in [0.29, 0.717) is 0 Å². The third-order valence-corrected chi connectivity index (χ3v) is 16.0. The molecule has 0 saturated carbocycles. The maximum atomic E-state index is 2.47. The Balaban J connectivity index is 0.930. The summed E-state index contributed by atoms with van der Waals surface area (Å²) >= 11 is 1.88. The van der Waals surface area contributed by atoms with E-state index in [1.54, 1.807) is 0 Å². The highest BCUT2D eigenvalue weighted by Crippen LogP contribution is 2.50. The summed E-state index contributed by atoms with van der Waals surface area (Å²) in [5, 5.41) is 9.75. The highest BCUT2D eigenvalue weighted by atomic mass is 32.1. The summed E-state index contributed by atoms with van der Waals surface area (Å²) in [5.41, 5.74) is 16.0. The van der Waals surface area contributed by atoms with Crippen LogP contribution >= 0.6 is 11.3 Å². The smallest absolute Gasteiger partial charge is 0.0541 e. The topological polar surface area (TPSA) is 6.48 Å². The largest absolute Gasteiger partial charge is 0.309 e. The maximum Gasteiger partial charge on any atom is 0.0541 e. The number of para-hydroxylation sites is 2. The highest BCUT2D eigenvalue weighted by molar-refractivity contribution is 7.26. The number of nitrogens with zero attached hydrogens (tertiary/aromatic N) is 2. The van der Waals surface area contributed by atoms with Crippen molar-refractivity contribution in [2.24, 2.45) is 0 Å². The van der Waals surface area contributed by atoms with Crippen molar-refractivity contribution >= 4 is 98.0 Å². The van der Waals surface area contributed by atoms with Gasteiger partial charge in [0.25, 0.3) is 0 Å². The summed E-state index contributed by atoms with van der Waals surface area (Å²) in [7, 11) is 0. The van der Waals surface area contributed by atoms with Crippen LogP contribution in [0.2, 0.25) is 0 Å². The van der Waals surface area contributed by atoms with Crippen LogP contribution in [0.5, 0.6) is 0 Å². The molecule has 0 saturated heterocycles. The van der Waals surface area contributed by atoms with E-state index in [0.717, 1.165) is 50.8 Å². The molecule has 0 aliphatic heterocycles. The fraction of sp³-hybridized carbons (Fsp3) is 0. The Morgan fingerprint density at radius 3 is 1.36 bits per heavy atom. The molecule has 0 amide bonds. The van der Waals surface area contributed by atoms with Gasteiger partial charge in [-0.05, 0) is 116 Å². The first-order chi connectivity index (χ1) is 37.2. The van der Waals surface area contributed by atoms with Gasteiger partial charge in [0.15, 0.2) is 0 Å². The van der Waals surface area contributed by atoms with E-state index >= 15 is 0 Å². The van der Waals surface area contributed by atoms with Gasteiger partial charge >= 0.3 is 0 Å². The van der Waals surface area contributed by atoms with Crippen molar-refractivity contribution < 1.29 is 0 Å². The number of thiophene rings is 1. The number of rotatable bonds is 10. The molecule has 0 radical (unpaired) electrons. The molecule has 75 heavy (non-hydrogen) atoms. The lowest BCUT2D eigenvalue weighted by atomic mass is 9.96. The lowest BCUT2D eigenvalue weighted by Crippen LogP contribution is -2.14. The number of fused-ring (bicyclic) bond motifs is 6. The number of benzene rings is 13. The van der Waals surface area contributed by atoms with E-state index in [1.165, 1.54) is 80.3 Å². The Kier molecular flexibility index (Phi) is 11.1. The van der Waals surface area contributed by atoms with E-state index in [9.17, 15) is 0 Å². The lowest BCUT2D eigenvalue weighted by molar-refractivity contribution is 1.28. The Hall–Kier alpha value is -9.54. The van der Waals surface area contributed by atoms with E-state index in [-0.39, 0.29) is 0 Å². The molecule has 1 aromatic heterocycles. The Bertz CT molecular complexity index is 4430. The Labute approximate surface area is 440 Å². The van der Waals surface area contributed by atoms with Crippen LogP contribution in [0.1, 0.15) is 0 Å². The van der Waals surface area contributed by atoms with Gasteiger partial charge in [-0.3, -0.25) is 0 Å². The second-order valence-corrected chi connectivity index (χ2v) is 20.3. The first kappa shape index (κ1) is 44.2. The van der Waals surface area contributed by atoms with Gasteiger partial charge in [0.05, 0.1) is 22.7 Å². The van der Waals surface area contributed by atoms with Crippen LogP contribution in [0, 0.1) is 0 Å². The predicted octanol–water partition coefficient (Wildman–Crippen LogP) is 21.1. The molecule has 352 valence electrons. The van der Waals surface area contributed by atoms with Crippen molar-refractivity contribution in [1.29, 1.82) is 0 Å². The van der Waals surface area contributed by atoms with Gasteiger partial charge in [-0.25, -0.2) is 0 Å². The summed E-state index contributed by atoms with van der Waals surface area (Å²) in [6.45, 7) is 0. The number of anilines is 6. The van der Waals surface area contributed by atoms with Crippen molar-refractivity contribution in [3.63, 3.8) is 0 Å². The minimum absolute atomic E-state index is 1.07. The minimum atomic E-state index is 1.07. The van der Waals surface area contributed by atoms with Crippen molar-refractivity contribution in [1.82, 2.24) is 0 Å². The van der Waals surface area contributed by atoms with E-state index < -0.39 is 0 Å². The zero-order valence-corrected chi connectivity index (χ0v) is 41.8. The van der Waals surface area contributed by atoms with Gasteiger partial charge in [0, 0.05) is 53.4 Å². The highest BCUT2D eigenvalue weighted by Gasteiger charge is 2.25. The number of hydrogen-bond donors (Lipinski definition) is 0. The van der Waals surface area contributed by atoms with Crippen LogP contribution in [0.15, 0.2) is 291 Å². The molecule has 13 aromatic carbocycles. The van der Waals surface area contributed by atoms with Crippen molar-refractivity contribution in [2.75, 3.05) is 9.80 Å². The predicted molar refractivity (Wildman–Crippen MR) is 323 cm³/mol. The molecule has 1 heterocycles. The molecule has 3 heteroatoms. The summed E-state index contributed by atoms with van der Waals surface area (Å²) in [6.07, 6.45) is 0. The van der Waals surface area contributed by atoms with E-state index in [2.05, 4.69) is 301 Å².